The molecular weight excluding hydrogens is 217 g/mol. The summed E-state index contributed by atoms with van der Waals surface area (Å²) in [6.07, 6.45) is 1.28. The third kappa shape index (κ3) is 3.66. The van der Waals surface area contributed by atoms with Crippen molar-refractivity contribution in [2.75, 3.05) is 31.6 Å². The summed E-state index contributed by atoms with van der Waals surface area (Å²) in [6, 6.07) is 3.64. The van der Waals surface area contributed by atoms with Gasteiger partial charge in [0.05, 0.1) is 6.20 Å². The standard InChI is InChI=1S/C11H16FN3.C2H6/c1-9-8-14(2)5-6-15(9)11-4-3-10(12)7-13-11;1-2/h3-4,7,9H,5-6,8H2,1-2H3;1-2H3. The van der Waals surface area contributed by atoms with E-state index in [1.807, 2.05) is 13.8 Å². The van der Waals surface area contributed by atoms with Gasteiger partial charge in [0, 0.05) is 25.7 Å². The van der Waals surface area contributed by atoms with Crippen LogP contribution in [-0.2, 0) is 0 Å². The number of piperazine rings is 1. The molecule has 17 heavy (non-hydrogen) atoms. The lowest BCUT2D eigenvalue weighted by Gasteiger charge is -2.38. The van der Waals surface area contributed by atoms with Crippen LogP contribution in [0.5, 0.6) is 0 Å². The van der Waals surface area contributed by atoms with Gasteiger partial charge in [0.25, 0.3) is 0 Å². The smallest absolute Gasteiger partial charge is 0.141 e. The number of hydrogen-bond acceptors (Lipinski definition) is 3. The molecule has 2 rings (SSSR count). The quantitative estimate of drug-likeness (QED) is 0.750. The van der Waals surface area contributed by atoms with E-state index in [1.54, 1.807) is 6.07 Å². The van der Waals surface area contributed by atoms with E-state index in [0.29, 0.717) is 6.04 Å². The zero-order valence-electron chi connectivity index (χ0n) is 11.2. The summed E-state index contributed by atoms with van der Waals surface area (Å²) in [5.41, 5.74) is 0. The number of anilines is 1. The topological polar surface area (TPSA) is 19.4 Å². The Bertz CT molecular complexity index is 326. The number of hydrogen-bond donors (Lipinski definition) is 0. The highest BCUT2D eigenvalue weighted by Crippen LogP contribution is 2.17. The number of halogens is 1. The second kappa shape index (κ2) is 6.55. The van der Waals surface area contributed by atoms with Crippen molar-refractivity contribution in [1.82, 2.24) is 9.88 Å². The van der Waals surface area contributed by atoms with Crippen LogP contribution in [0.25, 0.3) is 0 Å². The molecule has 2 heterocycles. The second-order valence-corrected chi connectivity index (χ2v) is 4.14. The Kier molecular flexibility index (Phi) is 5.35. The van der Waals surface area contributed by atoms with Crippen LogP contribution in [0.1, 0.15) is 20.8 Å². The van der Waals surface area contributed by atoms with Gasteiger partial charge in [-0.25, -0.2) is 9.37 Å². The van der Waals surface area contributed by atoms with Crippen molar-refractivity contribution < 1.29 is 4.39 Å². The molecule has 1 atom stereocenters. The molecule has 1 unspecified atom stereocenters. The minimum atomic E-state index is -0.277. The summed E-state index contributed by atoms with van der Waals surface area (Å²) in [7, 11) is 2.12. The van der Waals surface area contributed by atoms with E-state index in [0.717, 1.165) is 25.5 Å². The average molecular weight is 239 g/mol. The predicted octanol–water partition coefficient (Wildman–Crippen LogP) is 2.39. The third-order valence-corrected chi connectivity index (χ3v) is 2.84. The normalized spacial score (nSPS) is 20.8. The van der Waals surface area contributed by atoms with E-state index in [1.165, 1.54) is 12.3 Å². The maximum atomic E-state index is 12.7. The van der Waals surface area contributed by atoms with Crippen LogP contribution in [0.4, 0.5) is 10.2 Å². The molecule has 1 aromatic rings. The van der Waals surface area contributed by atoms with E-state index in [9.17, 15) is 4.39 Å². The summed E-state index contributed by atoms with van der Waals surface area (Å²) in [6.45, 7) is 9.18. The van der Waals surface area contributed by atoms with E-state index in [4.69, 9.17) is 0 Å². The number of aromatic nitrogens is 1. The summed E-state index contributed by atoms with van der Waals surface area (Å²) < 4.78 is 12.7. The minimum Gasteiger partial charge on any atom is -0.351 e. The number of likely N-dealkylation sites (N-methyl/N-ethyl adjacent to an activating group) is 1. The van der Waals surface area contributed by atoms with E-state index >= 15 is 0 Å². The summed E-state index contributed by atoms with van der Waals surface area (Å²) >= 11 is 0. The molecule has 1 aromatic heterocycles. The van der Waals surface area contributed by atoms with Crippen molar-refractivity contribution >= 4 is 5.82 Å². The molecule has 0 amide bonds. The Labute approximate surface area is 103 Å². The van der Waals surface area contributed by atoms with Gasteiger partial charge in [-0.05, 0) is 26.1 Å². The molecule has 0 aliphatic carbocycles. The first-order valence-electron chi connectivity index (χ1n) is 6.23. The monoisotopic (exact) mass is 239 g/mol. The molecule has 1 saturated heterocycles. The SMILES string of the molecule is CC.CC1CN(C)CCN1c1ccc(F)cn1. The van der Waals surface area contributed by atoms with Crippen LogP contribution in [0.2, 0.25) is 0 Å². The Morgan fingerprint density at radius 1 is 1.29 bits per heavy atom. The maximum Gasteiger partial charge on any atom is 0.141 e. The number of nitrogens with zero attached hydrogens (tertiary/aromatic N) is 3. The second-order valence-electron chi connectivity index (χ2n) is 4.14. The first-order valence-corrected chi connectivity index (χ1v) is 6.23. The molecule has 4 heteroatoms. The van der Waals surface area contributed by atoms with Gasteiger partial charge in [-0.2, -0.15) is 0 Å². The Hall–Kier alpha value is -1.16. The van der Waals surface area contributed by atoms with E-state index in [2.05, 4.69) is 28.8 Å². The predicted molar refractivity (Wildman–Crippen MR) is 69.8 cm³/mol. The van der Waals surface area contributed by atoms with E-state index < -0.39 is 0 Å². The molecule has 96 valence electrons. The van der Waals surface area contributed by atoms with Gasteiger partial charge in [-0.3, -0.25) is 0 Å². The van der Waals surface area contributed by atoms with Crippen LogP contribution in [-0.4, -0.2) is 42.6 Å². The van der Waals surface area contributed by atoms with Crippen molar-refractivity contribution in [2.45, 2.75) is 26.8 Å². The van der Waals surface area contributed by atoms with Crippen LogP contribution in [0.3, 0.4) is 0 Å². The Balaban J connectivity index is 0.000000686. The number of rotatable bonds is 1. The van der Waals surface area contributed by atoms with Gasteiger partial charge < -0.3 is 9.80 Å². The summed E-state index contributed by atoms with van der Waals surface area (Å²) in [4.78, 5) is 8.63. The van der Waals surface area contributed by atoms with Crippen molar-refractivity contribution in [3.63, 3.8) is 0 Å². The molecule has 0 bridgehead atoms. The van der Waals surface area contributed by atoms with Crippen molar-refractivity contribution in [2.24, 2.45) is 0 Å². The van der Waals surface area contributed by atoms with Gasteiger partial charge in [-0.1, -0.05) is 13.8 Å². The zero-order valence-corrected chi connectivity index (χ0v) is 11.2. The molecule has 1 fully saturated rings. The zero-order chi connectivity index (χ0) is 12.8. The van der Waals surface area contributed by atoms with Gasteiger partial charge >= 0.3 is 0 Å². The van der Waals surface area contributed by atoms with Crippen molar-refractivity contribution in [1.29, 1.82) is 0 Å². The first kappa shape index (κ1) is 13.9. The van der Waals surface area contributed by atoms with Gasteiger partial charge in [0.2, 0.25) is 0 Å². The van der Waals surface area contributed by atoms with Gasteiger partial charge in [0.15, 0.2) is 0 Å². The molecule has 0 saturated carbocycles. The van der Waals surface area contributed by atoms with Crippen molar-refractivity contribution in [3.05, 3.63) is 24.1 Å². The average Bonchev–Trinajstić information content (AvgIpc) is 2.33. The highest BCUT2D eigenvalue weighted by Gasteiger charge is 2.22. The lowest BCUT2D eigenvalue weighted by molar-refractivity contribution is 0.274. The fourth-order valence-electron chi connectivity index (χ4n) is 2.02. The van der Waals surface area contributed by atoms with Crippen LogP contribution in [0, 0.1) is 5.82 Å². The lowest BCUT2D eigenvalue weighted by Crippen LogP contribution is -2.50. The van der Waals surface area contributed by atoms with Crippen LogP contribution >= 0.6 is 0 Å². The Morgan fingerprint density at radius 3 is 2.53 bits per heavy atom. The van der Waals surface area contributed by atoms with Gasteiger partial charge in [0.1, 0.15) is 11.6 Å². The third-order valence-electron chi connectivity index (χ3n) is 2.84. The highest BCUT2D eigenvalue weighted by molar-refractivity contribution is 5.39. The lowest BCUT2D eigenvalue weighted by atomic mass is 10.2. The molecule has 1 aliphatic rings. The molecule has 0 radical (unpaired) electrons. The number of pyridine rings is 1. The molecule has 0 aromatic carbocycles. The fourth-order valence-corrected chi connectivity index (χ4v) is 2.02. The largest absolute Gasteiger partial charge is 0.351 e. The fraction of sp³-hybridized carbons (Fsp3) is 0.615. The molecular formula is C13H22FN3. The summed E-state index contributed by atoms with van der Waals surface area (Å²) in [5, 5.41) is 0. The minimum absolute atomic E-state index is 0.277. The Morgan fingerprint density at radius 2 is 2.00 bits per heavy atom. The molecule has 0 N–H and O–H groups in total. The van der Waals surface area contributed by atoms with Crippen LogP contribution in [0.15, 0.2) is 18.3 Å². The van der Waals surface area contributed by atoms with Crippen molar-refractivity contribution in [3.8, 4) is 0 Å². The molecule has 1 aliphatic heterocycles. The molecule has 3 nitrogen and oxygen atoms in total. The first-order chi connectivity index (χ1) is 8.16. The molecule has 0 spiro atoms. The van der Waals surface area contributed by atoms with E-state index in [-0.39, 0.29) is 5.82 Å². The van der Waals surface area contributed by atoms with Crippen LogP contribution < -0.4 is 4.90 Å². The highest BCUT2D eigenvalue weighted by atomic mass is 19.1. The summed E-state index contributed by atoms with van der Waals surface area (Å²) in [5.74, 6) is 0.595. The maximum absolute atomic E-state index is 12.7. The van der Waals surface area contributed by atoms with Gasteiger partial charge in [-0.15, -0.1) is 0 Å².